The number of fused-ring (bicyclic) bond motifs is 1. The van der Waals surface area contributed by atoms with Crippen LogP contribution >= 0.6 is 0 Å². The molecule has 104 valence electrons. The molecule has 0 aromatic heterocycles. The molecule has 3 aliphatic rings. The van der Waals surface area contributed by atoms with Gasteiger partial charge in [0, 0.05) is 24.2 Å². The number of nitrogens with one attached hydrogen (secondary N) is 2. The van der Waals surface area contributed by atoms with E-state index in [9.17, 15) is 0 Å². The van der Waals surface area contributed by atoms with Crippen molar-refractivity contribution in [3.05, 3.63) is 0 Å². The average molecular weight is 251 g/mol. The number of nitrogens with zero attached hydrogens (tertiary/aromatic N) is 1. The van der Waals surface area contributed by atoms with Gasteiger partial charge in [0.05, 0.1) is 0 Å². The molecular formula is C15H29N3. The van der Waals surface area contributed by atoms with Crippen LogP contribution in [0.5, 0.6) is 0 Å². The fourth-order valence-electron chi connectivity index (χ4n) is 4.23. The minimum absolute atomic E-state index is 0.679. The van der Waals surface area contributed by atoms with Crippen molar-refractivity contribution >= 4 is 0 Å². The first-order valence-electron chi connectivity index (χ1n) is 8.05. The third-order valence-electron chi connectivity index (χ3n) is 5.14. The van der Waals surface area contributed by atoms with Gasteiger partial charge < -0.3 is 15.5 Å². The zero-order valence-electron chi connectivity index (χ0n) is 11.8. The number of rotatable bonds is 4. The van der Waals surface area contributed by atoms with E-state index in [0.29, 0.717) is 6.04 Å². The van der Waals surface area contributed by atoms with Gasteiger partial charge in [-0.15, -0.1) is 0 Å². The van der Waals surface area contributed by atoms with E-state index in [1.165, 1.54) is 64.6 Å². The molecular weight excluding hydrogens is 222 g/mol. The van der Waals surface area contributed by atoms with E-state index in [0.717, 1.165) is 18.1 Å². The molecule has 0 amide bonds. The van der Waals surface area contributed by atoms with Crippen LogP contribution in [0.3, 0.4) is 0 Å². The Hall–Kier alpha value is -0.120. The molecule has 4 unspecified atom stereocenters. The molecule has 0 saturated carbocycles. The van der Waals surface area contributed by atoms with Gasteiger partial charge in [0.1, 0.15) is 0 Å². The molecule has 4 atom stereocenters. The van der Waals surface area contributed by atoms with Crippen molar-refractivity contribution in [1.82, 2.24) is 15.5 Å². The summed E-state index contributed by atoms with van der Waals surface area (Å²) in [5.41, 5.74) is 0. The average Bonchev–Trinajstić information content (AvgIpc) is 2.98. The molecule has 3 nitrogen and oxygen atoms in total. The highest BCUT2D eigenvalue weighted by atomic mass is 15.2. The topological polar surface area (TPSA) is 27.3 Å². The Bertz CT molecular complexity index is 262. The van der Waals surface area contributed by atoms with Crippen molar-refractivity contribution in [2.45, 2.75) is 76.0 Å². The minimum atomic E-state index is 0.679. The van der Waals surface area contributed by atoms with Crippen LogP contribution < -0.4 is 10.6 Å². The third kappa shape index (κ3) is 3.06. The van der Waals surface area contributed by atoms with Gasteiger partial charge in [-0.3, -0.25) is 0 Å². The predicted molar refractivity (Wildman–Crippen MR) is 75.9 cm³/mol. The first-order valence-corrected chi connectivity index (χ1v) is 8.05. The lowest BCUT2D eigenvalue weighted by molar-refractivity contribution is 0.160. The molecule has 2 N–H and O–H groups in total. The molecule has 3 fully saturated rings. The fourth-order valence-corrected chi connectivity index (χ4v) is 4.23. The van der Waals surface area contributed by atoms with Crippen molar-refractivity contribution in [2.24, 2.45) is 0 Å². The van der Waals surface area contributed by atoms with Crippen LogP contribution in [0.4, 0.5) is 0 Å². The second kappa shape index (κ2) is 5.89. The van der Waals surface area contributed by atoms with Crippen molar-refractivity contribution in [1.29, 1.82) is 0 Å². The maximum Gasteiger partial charge on any atom is 0.0111 e. The lowest BCUT2D eigenvalue weighted by atomic mass is 9.96. The summed E-state index contributed by atoms with van der Waals surface area (Å²) >= 11 is 0. The number of hydrogen-bond acceptors (Lipinski definition) is 3. The SMILES string of the molecule is CC(CC1CCCN1)NC1CCN2CCCC2C1. The Balaban J connectivity index is 1.41. The molecule has 0 aliphatic carbocycles. The summed E-state index contributed by atoms with van der Waals surface area (Å²) in [5, 5.41) is 7.51. The smallest absolute Gasteiger partial charge is 0.0111 e. The van der Waals surface area contributed by atoms with Gasteiger partial charge in [-0.25, -0.2) is 0 Å². The van der Waals surface area contributed by atoms with Crippen LogP contribution in [0.1, 0.15) is 51.9 Å². The van der Waals surface area contributed by atoms with Crippen LogP contribution in [-0.4, -0.2) is 48.7 Å². The summed E-state index contributed by atoms with van der Waals surface area (Å²) in [4.78, 5) is 2.71. The summed E-state index contributed by atoms with van der Waals surface area (Å²) in [6.45, 7) is 6.30. The molecule has 0 aromatic rings. The van der Waals surface area contributed by atoms with Crippen molar-refractivity contribution < 1.29 is 0 Å². The quantitative estimate of drug-likeness (QED) is 0.797. The Labute approximate surface area is 112 Å². The second-order valence-corrected chi connectivity index (χ2v) is 6.65. The predicted octanol–water partition coefficient (Wildman–Crippen LogP) is 1.73. The first-order chi connectivity index (χ1) is 8.81. The summed E-state index contributed by atoms with van der Waals surface area (Å²) in [6.07, 6.45) is 9.69. The standard InChI is InChI=1S/C15H29N3/c1-12(10-13-4-2-7-16-13)17-14-6-9-18-8-3-5-15(18)11-14/h12-17H,2-11H2,1H3. The molecule has 0 bridgehead atoms. The minimum Gasteiger partial charge on any atom is -0.314 e. The summed E-state index contributed by atoms with van der Waals surface area (Å²) in [6, 6.07) is 3.13. The van der Waals surface area contributed by atoms with E-state index >= 15 is 0 Å². The Morgan fingerprint density at radius 3 is 3.00 bits per heavy atom. The van der Waals surface area contributed by atoms with E-state index in [2.05, 4.69) is 22.5 Å². The Morgan fingerprint density at radius 2 is 2.17 bits per heavy atom. The van der Waals surface area contributed by atoms with E-state index in [1.807, 2.05) is 0 Å². The number of piperidine rings is 1. The molecule has 3 saturated heterocycles. The lowest BCUT2D eigenvalue weighted by Gasteiger charge is -2.36. The molecule has 3 rings (SSSR count). The second-order valence-electron chi connectivity index (χ2n) is 6.65. The highest BCUT2D eigenvalue weighted by molar-refractivity contribution is 4.90. The number of hydrogen-bond donors (Lipinski definition) is 2. The zero-order chi connectivity index (χ0) is 12.4. The van der Waals surface area contributed by atoms with E-state index in [-0.39, 0.29) is 0 Å². The van der Waals surface area contributed by atoms with Gasteiger partial charge in [0.15, 0.2) is 0 Å². The van der Waals surface area contributed by atoms with E-state index in [4.69, 9.17) is 0 Å². The van der Waals surface area contributed by atoms with Gasteiger partial charge in [-0.2, -0.15) is 0 Å². The van der Waals surface area contributed by atoms with Crippen LogP contribution in [0.2, 0.25) is 0 Å². The normalized spacial score (nSPS) is 38.8. The van der Waals surface area contributed by atoms with E-state index in [1.54, 1.807) is 0 Å². The maximum absolute atomic E-state index is 3.89. The highest BCUT2D eigenvalue weighted by Crippen LogP contribution is 2.27. The molecule has 3 aliphatic heterocycles. The molecule has 0 aromatic carbocycles. The highest BCUT2D eigenvalue weighted by Gasteiger charge is 2.32. The van der Waals surface area contributed by atoms with Crippen LogP contribution in [0.25, 0.3) is 0 Å². The molecule has 0 spiro atoms. The van der Waals surface area contributed by atoms with Gasteiger partial charge in [0.25, 0.3) is 0 Å². The van der Waals surface area contributed by atoms with Crippen LogP contribution in [0.15, 0.2) is 0 Å². The van der Waals surface area contributed by atoms with Crippen molar-refractivity contribution in [2.75, 3.05) is 19.6 Å². The van der Waals surface area contributed by atoms with Crippen LogP contribution in [0, 0.1) is 0 Å². The molecule has 0 radical (unpaired) electrons. The Morgan fingerprint density at radius 1 is 1.22 bits per heavy atom. The van der Waals surface area contributed by atoms with Gasteiger partial charge in [-0.05, 0) is 71.5 Å². The molecule has 18 heavy (non-hydrogen) atoms. The van der Waals surface area contributed by atoms with Gasteiger partial charge in [-0.1, -0.05) is 0 Å². The summed E-state index contributed by atoms with van der Waals surface area (Å²) in [5.74, 6) is 0. The maximum atomic E-state index is 3.89. The van der Waals surface area contributed by atoms with E-state index < -0.39 is 0 Å². The molecule has 3 heteroatoms. The molecule has 3 heterocycles. The lowest BCUT2D eigenvalue weighted by Crippen LogP contribution is -2.48. The van der Waals surface area contributed by atoms with Gasteiger partial charge in [0.2, 0.25) is 0 Å². The fraction of sp³-hybridized carbons (Fsp3) is 1.00. The largest absolute Gasteiger partial charge is 0.314 e. The summed E-state index contributed by atoms with van der Waals surface area (Å²) in [7, 11) is 0. The summed E-state index contributed by atoms with van der Waals surface area (Å²) < 4.78 is 0. The first kappa shape index (κ1) is 12.9. The van der Waals surface area contributed by atoms with Crippen LogP contribution in [-0.2, 0) is 0 Å². The monoisotopic (exact) mass is 251 g/mol. The van der Waals surface area contributed by atoms with Crippen molar-refractivity contribution in [3.63, 3.8) is 0 Å². The Kier molecular flexibility index (Phi) is 4.22. The third-order valence-corrected chi connectivity index (χ3v) is 5.14. The van der Waals surface area contributed by atoms with Crippen molar-refractivity contribution in [3.8, 4) is 0 Å². The van der Waals surface area contributed by atoms with Gasteiger partial charge >= 0.3 is 0 Å². The zero-order valence-corrected chi connectivity index (χ0v) is 11.8.